The van der Waals surface area contributed by atoms with E-state index in [0.29, 0.717) is 0 Å². The van der Waals surface area contributed by atoms with Crippen molar-refractivity contribution < 1.29 is 18.4 Å². The second-order valence-electron chi connectivity index (χ2n) is 2.32. The molecule has 1 N–H and O–H groups in total. The molecular formula is C8H4ClF2NO2. The predicted octanol–water partition coefficient (Wildman–Crippen LogP) is 2.05. The molecule has 0 aromatic heterocycles. The van der Waals surface area contributed by atoms with Crippen LogP contribution in [0.25, 0.3) is 0 Å². The molecule has 0 aliphatic rings. The fraction of sp³-hybridized carbons (Fsp3) is 0. The minimum atomic E-state index is -1.21. The SMILES string of the molecule is O=C(Cl)NC(=O)c1c(F)cccc1F. The van der Waals surface area contributed by atoms with Gasteiger partial charge in [-0.25, -0.2) is 8.78 Å². The summed E-state index contributed by atoms with van der Waals surface area (Å²) in [6.45, 7) is 0. The van der Waals surface area contributed by atoms with E-state index in [0.717, 1.165) is 18.2 Å². The molecule has 1 aromatic rings. The predicted molar refractivity (Wildman–Crippen MR) is 45.1 cm³/mol. The van der Waals surface area contributed by atoms with E-state index in [2.05, 4.69) is 0 Å². The molecule has 74 valence electrons. The van der Waals surface area contributed by atoms with E-state index in [1.165, 1.54) is 0 Å². The Balaban J connectivity index is 3.06. The molecule has 0 bridgehead atoms. The largest absolute Gasteiger partial charge is 0.320 e. The minimum Gasteiger partial charge on any atom is -0.278 e. The average molecular weight is 220 g/mol. The van der Waals surface area contributed by atoms with Gasteiger partial charge in [0.05, 0.1) is 0 Å². The normalized spacial score (nSPS) is 9.64. The molecule has 0 atom stereocenters. The fourth-order valence-electron chi connectivity index (χ4n) is 0.866. The van der Waals surface area contributed by atoms with Gasteiger partial charge in [-0.15, -0.1) is 0 Å². The lowest BCUT2D eigenvalue weighted by atomic mass is 10.2. The Bertz CT molecular complexity index is 375. The van der Waals surface area contributed by atoms with E-state index < -0.39 is 28.5 Å². The van der Waals surface area contributed by atoms with Crippen LogP contribution in [0.15, 0.2) is 18.2 Å². The van der Waals surface area contributed by atoms with E-state index in [1.54, 1.807) is 5.32 Å². The summed E-state index contributed by atoms with van der Waals surface area (Å²) in [5, 5.41) is 0.352. The number of amides is 2. The lowest BCUT2D eigenvalue weighted by Gasteiger charge is -2.02. The maximum Gasteiger partial charge on any atom is 0.320 e. The van der Waals surface area contributed by atoms with Gasteiger partial charge in [0.25, 0.3) is 5.91 Å². The van der Waals surface area contributed by atoms with Crippen LogP contribution in [0.2, 0.25) is 0 Å². The van der Waals surface area contributed by atoms with Crippen molar-refractivity contribution in [1.29, 1.82) is 0 Å². The van der Waals surface area contributed by atoms with Crippen LogP contribution in [0.4, 0.5) is 13.6 Å². The third kappa shape index (κ3) is 2.26. The van der Waals surface area contributed by atoms with Gasteiger partial charge in [-0.3, -0.25) is 14.9 Å². The lowest BCUT2D eigenvalue weighted by Crippen LogP contribution is -2.27. The molecule has 0 aliphatic carbocycles. The molecule has 0 saturated carbocycles. The van der Waals surface area contributed by atoms with Crippen LogP contribution in [0.5, 0.6) is 0 Å². The standard InChI is InChI=1S/C8H4ClF2NO2/c9-8(14)12-7(13)6-4(10)2-1-3-5(6)11/h1-3H,(H,12,13,14). The van der Waals surface area contributed by atoms with Crippen molar-refractivity contribution >= 4 is 22.9 Å². The second kappa shape index (κ2) is 4.15. The fourth-order valence-corrected chi connectivity index (χ4v) is 0.952. The molecule has 6 heteroatoms. The molecular weight excluding hydrogens is 216 g/mol. The molecule has 3 nitrogen and oxygen atoms in total. The summed E-state index contributed by atoms with van der Waals surface area (Å²) in [6.07, 6.45) is 0. The topological polar surface area (TPSA) is 46.2 Å². The van der Waals surface area contributed by atoms with Crippen LogP contribution in [0.1, 0.15) is 10.4 Å². The number of carbonyl (C=O) groups is 2. The first-order chi connectivity index (χ1) is 6.52. The van der Waals surface area contributed by atoms with Gasteiger partial charge in [-0.05, 0) is 23.7 Å². The van der Waals surface area contributed by atoms with Crippen molar-refractivity contribution in [1.82, 2.24) is 5.32 Å². The van der Waals surface area contributed by atoms with Crippen molar-refractivity contribution in [3.8, 4) is 0 Å². The molecule has 1 rings (SSSR count). The summed E-state index contributed by atoms with van der Waals surface area (Å²) >= 11 is 4.81. The van der Waals surface area contributed by atoms with Gasteiger partial charge in [0.2, 0.25) is 0 Å². The Labute approximate surface area is 82.7 Å². The van der Waals surface area contributed by atoms with Crippen LogP contribution in [0.3, 0.4) is 0 Å². The van der Waals surface area contributed by atoms with Crippen LogP contribution in [-0.2, 0) is 0 Å². The number of halogens is 3. The Morgan fingerprint density at radius 1 is 1.21 bits per heavy atom. The van der Waals surface area contributed by atoms with Gasteiger partial charge in [0, 0.05) is 0 Å². The first-order valence-electron chi connectivity index (χ1n) is 3.47. The van der Waals surface area contributed by atoms with Gasteiger partial charge in [0.15, 0.2) is 0 Å². The van der Waals surface area contributed by atoms with E-state index in [1.807, 2.05) is 0 Å². The monoisotopic (exact) mass is 219 g/mol. The van der Waals surface area contributed by atoms with E-state index in [9.17, 15) is 18.4 Å². The molecule has 0 fully saturated rings. The highest BCUT2D eigenvalue weighted by atomic mass is 35.5. The molecule has 0 radical (unpaired) electrons. The number of nitrogens with one attached hydrogen (secondary N) is 1. The summed E-state index contributed by atoms with van der Waals surface area (Å²) in [4.78, 5) is 21.2. The quantitative estimate of drug-likeness (QED) is 0.580. The van der Waals surface area contributed by atoms with Crippen LogP contribution < -0.4 is 5.32 Å². The highest BCUT2D eigenvalue weighted by molar-refractivity contribution is 6.64. The number of rotatable bonds is 1. The zero-order valence-electron chi connectivity index (χ0n) is 6.68. The minimum absolute atomic E-state index is 0.832. The molecule has 0 unspecified atom stereocenters. The van der Waals surface area contributed by atoms with E-state index in [-0.39, 0.29) is 0 Å². The van der Waals surface area contributed by atoms with Crippen LogP contribution >= 0.6 is 11.6 Å². The van der Waals surface area contributed by atoms with Gasteiger partial charge >= 0.3 is 5.37 Å². The van der Waals surface area contributed by atoms with Crippen molar-refractivity contribution in [3.63, 3.8) is 0 Å². The van der Waals surface area contributed by atoms with E-state index in [4.69, 9.17) is 11.6 Å². The Morgan fingerprint density at radius 3 is 2.14 bits per heavy atom. The number of hydrogen-bond donors (Lipinski definition) is 1. The van der Waals surface area contributed by atoms with Crippen LogP contribution in [0, 0.1) is 11.6 Å². The zero-order valence-corrected chi connectivity index (χ0v) is 7.44. The van der Waals surface area contributed by atoms with Crippen molar-refractivity contribution in [2.75, 3.05) is 0 Å². The molecule has 14 heavy (non-hydrogen) atoms. The third-order valence-electron chi connectivity index (χ3n) is 1.40. The van der Waals surface area contributed by atoms with Crippen molar-refractivity contribution in [3.05, 3.63) is 35.4 Å². The number of hydrogen-bond acceptors (Lipinski definition) is 2. The first-order valence-corrected chi connectivity index (χ1v) is 3.85. The third-order valence-corrected chi connectivity index (χ3v) is 1.50. The van der Waals surface area contributed by atoms with Crippen molar-refractivity contribution in [2.24, 2.45) is 0 Å². The van der Waals surface area contributed by atoms with E-state index >= 15 is 0 Å². The summed E-state index contributed by atoms with van der Waals surface area (Å²) in [6, 6.07) is 2.90. The number of imide groups is 1. The average Bonchev–Trinajstić information content (AvgIpc) is 2.01. The highest BCUT2D eigenvalue weighted by Gasteiger charge is 2.17. The molecule has 1 aromatic carbocycles. The summed E-state index contributed by atoms with van der Waals surface area (Å²) in [7, 11) is 0. The Hall–Kier alpha value is -1.49. The Kier molecular flexibility index (Phi) is 3.14. The molecule has 0 heterocycles. The highest BCUT2D eigenvalue weighted by Crippen LogP contribution is 2.11. The first kappa shape index (κ1) is 10.6. The molecule has 0 saturated heterocycles. The maximum absolute atomic E-state index is 12.9. The summed E-state index contributed by atoms with van der Waals surface area (Å²) in [5.41, 5.74) is -0.832. The van der Waals surface area contributed by atoms with Crippen LogP contribution in [-0.4, -0.2) is 11.3 Å². The summed E-state index contributed by atoms with van der Waals surface area (Å²) in [5.74, 6) is -3.32. The lowest BCUT2D eigenvalue weighted by molar-refractivity contribution is 0.0961. The molecule has 2 amide bonds. The smallest absolute Gasteiger partial charge is 0.278 e. The Morgan fingerprint density at radius 2 is 1.71 bits per heavy atom. The van der Waals surface area contributed by atoms with Gasteiger partial charge in [-0.2, -0.15) is 0 Å². The number of carbonyl (C=O) groups excluding carboxylic acids is 2. The van der Waals surface area contributed by atoms with Crippen molar-refractivity contribution in [2.45, 2.75) is 0 Å². The maximum atomic E-state index is 12.9. The zero-order chi connectivity index (χ0) is 10.7. The van der Waals surface area contributed by atoms with Gasteiger partial charge < -0.3 is 0 Å². The molecule has 0 spiro atoms. The number of benzene rings is 1. The van der Waals surface area contributed by atoms with Gasteiger partial charge in [0.1, 0.15) is 17.2 Å². The van der Waals surface area contributed by atoms with Gasteiger partial charge in [-0.1, -0.05) is 6.07 Å². The summed E-state index contributed by atoms with van der Waals surface area (Å²) < 4.78 is 25.8. The second-order valence-corrected chi connectivity index (χ2v) is 2.67. The molecule has 0 aliphatic heterocycles.